The Morgan fingerprint density at radius 3 is 2.01 bits per heavy atom. The number of amides is 2. The van der Waals surface area contributed by atoms with E-state index < -0.39 is 18.7 Å². The number of benzene rings is 2. The molecule has 0 spiro atoms. The fourth-order valence-corrected chi connectivity index (χ4v) is 10.3. The molecule has 2 fully saturated rings. The first-order chi connectivity index (χ1) is 34.4. The van der Waals surface area contributed by atoms with Crippen LogP contribution in [0.1, 0.15) is 110 Å². The highest BCUT2D eigenvalue weighted by Crippen LogP contribution is 2.40. The molecule has 4 aliphatic rings. The summed E-state index contributed by atoms with van der Waals surface area (Å²) in [6.07, 6.45) is 5.57. The van der Waals surface area contributed by atoms with Crippen LogP contribution in [0, 0.1) is 5.82 Å². The Morgan fingerprint density at radius 1 is 0.746 bits per heavy atom. The molecule has 376 valence electrons. The van der Waals surface area contributed by atoms with Gasteiger partial charge in [-0.05, 0) is 67.5 Å². The average Bonchev–Trinajstić information content (AvgIpc) is 4.24. The number of carbonyl (C=O) groups is 2. The number of fused-ring (bicyclic) bond motifs is 2. The van der Waals surface area contributed by atoms with Crippen molar-refractivity contribution in [2.24, 2.45) is 7.05 Å². The minimum atomic E-state index is -2.95. The maximum absolute atomic E-state index is 16.1. The molecule has 2 amide bonds. The standard InChI is InChI=1S/C50H57F5N12O4/c1-3-5-45(68)63-15-9-43-40(28-63)50(61-66(43)33-11-17-70-18-12-33)59-42-22-38(48(54)55)36(21-41(42)51)31-24-57-65(26-31)14-4-6-46(69)64-16-10-44-39(27-64)49(60-67(44)34-13-19-71-29-34)58-32-7-8-35(37(20-32)47(52)53)30-23-56-62(2)25-30/h7-8,20-26,33-34,47-48H,3-6,9-19,27-29H2,1-2H3,(H,58,60)(H,59,61). The summed E-state index contributed by atoms with van der Waals surface area (Å²) in [6, 6.07) is 7.06. The van der Waals surface area contributed by atoms with Gasteiger partial charge in [0.15, 0.2) is 11.6 Å². The number of nitrogens with one attached hydrogen (secondary N) is 2. The van der Waals surface area contributed by atoms with E-state index in [9.17, 15) is 27.2 Å². The zero-order valence-electron chi connectivity index (χ0n) is 39.7. The molecule has 4 aliphatic heterocycles. The van der Waals surface area contributed by atoms with Gasteiger partial charge in [0.1, 0.15) is 5.82 Å². The molecule has 71 heavy (non-hydrogen) atoms. The van der Waals surface area contributed by atoms with Crippen molar-refractivity contribution in [2.45, 2.75) is 109 Å². The van der Waals surface area contributed by atoms with Crippen LogP contribution in [0.4, 0.5) is 45.0 Å². The first-order valence-electron chi connectivity index (χ1n) is 24.4. The lowest BCUT2D eigenvalue weighted by atomic mass is 10.0. The lowest BCUT2D eigenvalue weighted by molar-refractivity contribution is -0.133. The highest BCUT2D eigenvalue weighted by Gasteiger charge is 2.34. The zero-order valence-corrected chi connectivity index (χ0v) is 39.7. The van der Waals surface area contributed by atoms with E-state index in [-0.39, 0.29) is 65.8 Å². The SMILES string of the molecule is CCCC(=O)N1CCc2c(c(Nc3cc(C(F)F)c(-c4cnn(CCCC(=O)N5CCc6c(c(Nc7ccc(-c8cnn(C)c8)c(C(F)F)c7)nn6C6CCOC6)C5)c4)cc3F)nn2C2CCOCC2)C1. The second-order valence-corrected chi connectivity index (χ2v) is 18.7. The third-order valence-electron chi connectivity index (χ3n) is 14.0. The Labute approximate surface area is 407 Å². The van der Waals surface area contributed by atoms with E-state index in [4.69, 9.17) is 19.7 Å². The number of halogens is 5. The van der Waals surface area contributed by atoms with Crippen LogP contribution in [0.3, 0.4) is 0 Å². The highest BCUT2D eigenvalue weighted by atomic mass is 19.3. The Morgan fingerprint density at radius 2 is 1.37 bits per heavy atom. The fourth-order valence-electron chi connectivity index (χ4n) is 10.3. The Balaban J connectivity index is 0.817. The molecule has 1 unspecified atom stereocenters. The van der Waals surface area contributed by atoms with Crippen LogP contribution in [0.2, 0.25) is 0 Å². The second-order valence-electron chi connectivity index (χ2n) is 18.7. The normalized spacial score (nSPS) is 17.3. The van der Waals surface area contributed by atoms with Gasteiger partial charge in [-0.15, -0.1) is 0 Å². The summed E-state index contributed by atoms with van der Waals surface area (Å²) >= 11 is 0. The van der Waals surface area contributed by atoms with E-state index in [1.807, 2.05) is 16.3 Å². The third kappa shape index (κ3) is 10.0. The molecule has 4 aromatic heterocycles. The Hall–Kier alpha value is -6.61. The van der Waals surface area contributed by atoms with Gasteiger partial charge in [-0.1, -0.05) is 13.0 Å². The number of rotatable bonds is 16. The minimum Gasteiger partial charge on any atom is -0.381 e. The molecular weight excluding hydrogens is 928 g/mol. The van der Waals surface area contributed by atoms with Gasteiger partial charge < -0.3 is 29.9 Å². The van der Waals surface area contributed by atoms with Crippen molar-refractivity contribution < 1.29 is 41.0 Å². The molecule has 6 aromatic rings. The van der Waals surface area contributed by atoms with Gasteiger partial charge in [0.25, 0.3) is 12.9 Å². The number of aryl methyl sites for hydroxylation is 2. The van der Waals surface area contributed by atoms with Crippen LogP contribution >= 0.6 is 0 Å². The first-order valence-corrected chi connectivity index (χ1v) is 24.4. The van der Waals surface area contributed by atoms with Gasteiger partial charge in [0.05, 0.1) is 49.9 Å². The Kier molecular flexibility index (Phi) is 14.0. The van der Waals surface area contributed by atoms with Crippen molar-refractivity contribution in [3.05, 3.63) is 94.6 Å². The third-order valence-corrected chi connectivity index (χ3v) is 14.0. The number of hydrogen-bond acceptors (Lipinski definition) is 10. The predicted octanol–water partition coefficient (Wildman–Crippen LogP) is 9.21. The predicted molar refractivity (Wildman–Crippen MR) is 253 cm³/mol. The van der Waals surface area contributed by atoms with Crippen molar-refractivity contribution in [1.82, 2.24) is 48.9 Å². The maximum atomic E-state index is 16.1. The van der Waals surface area contributed by atoms with E-state index in [1.54, 1.807) is 56.9 Å². The smallest absolute Gasteiger partial charge is 0.264 e. The zero-order chi connectivity index (χ0) is 49.3. The van der Waals surface area contributed by atoms with Gasteiger partial charge >= 0.3 is 0 Å². The largest absolute Gasteiger partial charge is 0.381 e. The van der Waals surface area contributed by atoms with Crippen LogP contribution in [-0.2, 0) is 58.6 Å². The Bertz CT molecular complexity index is 2900. The first kappa shape index (κ1) is 48.0. The lowest BCUT2D eigenvalue weighted by Crippen LogP contribution is -2.36. The van der Waals surface area contributed by atoms with Crippen molar-refractivity contribution in [3.63, 3.8) is 0 Å². The van der Waals surface area contributed by atoms with Crippen molar-refractivity contribution in [1.29, 1.82) is 0 Å². The summed E-state index contributed by atoms with van der Waals surface area (Å²) in [5.74, 6) is -0.0194. The van der Waals surface area contributed by atoms with Gasteiger partial charge in [-0.2, -0.15) is 20.4 Å². The number of aromatic nitrogens is 8. The van der Waals surface area contributed by atoms with Crippen LogP contribution in [0.25, 0.3) is 22.3 Å². The van der Waals surface area contributed by atoms with Crippen LogP contribution in [0.5, 0.6) is 0 Å². The van der Waals surface area contributed by atoms with Crippen LogP contribution in [-0.4, -0.2) is 100 Å². The number of alkyl halides is 4. The van der Waals surface area contributed by atoms with E-state index in [1.165, 1.54) is 12.3 Å². The highest BCUT2D eigenvalue weighted by molar-refractivity contribution is 5.78. The molecule has 2 saturated heterocycles. The fraction of sp³-hybridized carbons (Fsp3) is 0.480. The van der Waals surface area contributed by atoms with Gasteiger partial charge in [-0.3, -0.25) is 28.3 Å². The molecule has 0 radical (unpaired) electrons. The molecule has 2 aromatic carbocycles. The molecule has 8 heterocycles. The molecule has 21 heteroatoms. The summed E-state index contributed by atoms with van der Waals surface area (Å²) in [4.78, 5) is 30.3. The topological polar surface area (TPSA) is 154 Å². The number of ether oxygens (including phenoxy) is 2. The molecular formula is C50H57F5N12O4. The number of carbonyl (C=O) groups excluding carboxylic acids is 2. The van der Waals surface area contributed by atoms with E-state index in [0.29, 0.717) is 112 Å². The van der Waals surface area contributed by atoms with E-state index in [0.717, 1.165) is 53.9 Å². The molecule has 0 saturated carbocycles. The minimum absolute atomic E-state index is 0.00660. The van der Waals surface area contributed by atoms with Crippen molar-refractivity contribution in [2.75, 3.05) is 50.2 Å². The van der Waals surface area contributed by atoms with E-state index >= 15 is 4.39 Å². The summed E-state index contributed by atoms with van der Waals surface area (Å²) in [7, 11) is 1.73. The van der Waals surface area contributed by atoms with Crippen molar-refractivity contribution in [3.8, 4) is 22.3 Å². The summed E-state index contributed by atoms with van der Waals surface area (Å²) in [6.45, 7) is 6.03. The van der Waals surface area contributed by atoms with E-state index in [2.05, 4.69) is 20.8 Å². The molecule has 0 bridgehead atoms. The maximum Gasteiger partial charge on any atom is 0.264 e. The molecule has 10 rings (SSSR count). The second kappa shape index (κ2) is 20.6. The number of hydrogen-bond donors (Lipinski definition) is 2. The number of nitrogens with zero attached hydrogens (tertiary/aromatic N) is 10. The van der Waals surface area contributed by atoms with Crippen LogP contribution < -0.4 is 10.6 Å². The van der Waals surface area contributed by atoms with Gasteiger partial charge in [0.2, 0.25) is 11.8 Å². The molecule has 0 aliphatic carbocycles. The molecule has 16 nitrogen and oxygen atoms in total. The quantitative estimate of drug-likeness (QED) is 0.0898. The summed E-state index contributed by atoms with van der Waals surface area (Å²) < 4.78 is 92.9. The number of anilines is 4. The summed E-state index contributed by atoms with van der Waals surface area (Å²) in [5.41, 5.74) is 4.46. The summed E-state index contributed by atoms with van der Waals surface area (Å²) in [5, 5.41) is 24.6. The average molecular weight is 985 g/mol. The van der Waals surface area contributed by atoms with Crippen LogP contribution in [0.15, 0.2) is 55.1 Å². The lowest BCUT2D eigenvalue weighted by Gasteiger charge is -2.30. The van der Waals surface area contributed by atoms with Gasteiger partial charge in [0, 0.05) is 135 Å². The monoisotopic (exact) mass is 984 g/mol. The molecule has 1 atom stereocenters. The van der Waals surface area contributed by atoms with Gasteiger partial charge in [-0.25, -0.2) is 22.0 Å². The molecule has 2 N–H and O–H groups in total. The van der Waals surface area contributed by atoms with Crippen molar-refractivity contribution >= 4 is 34.8 Å².